The lowest BCUT2D eigenvalue weighted by molar-refractivity contribution is -0.0115. The third-order valence-corrected chi connectivity index (χ3v) is 8.63. The Morgan fingerprint density at radius 1 is 1.03 bits per heavy atom. The highest BCUT2D eigenvalue weighted by Gasteiger charge is 2.62. The molecular formula is C28H31N5O. The van der Waals surface area contributed by atoms with Gasteiger partial charge in [0.2, 0.25) is 0 Å². The zero-order valence-corrected chi connectivity index (χ0v) is 19.8. The molecule has 1 amide bonds. The van der Waals surface area contributed by atoms with Gasteiger partial charge in [0, 0.05) is 41.5 Å². The van der Waals surface area contributed by atoms with Crippen LogP contribution < -0.4 is 0 Å². The van der Waals surface area contributed by atoms with E-state index < -0.39 is 0 Å². The van der Waals surface area contributed by atoms with Gasteiger partial charge in [0.05, 0.1) is 11.7 Å². The number of piperidine rings is 1. The monoisotopic (exact) mass is 453 g/mol. The predicted molar refractivity (Wildman–Crippen MR) is 131 cm³/mol. The van der Waals surface area contributed by atoms with Gasteiger partial charge >= 0.3 is 0 Å². The lowest BCUT2D eigenvalue weighted by Crippen LogP contribution is -2.62. The van der Waals surface area contributed by atoms with Gasteiger partial charge in [-0.2, -0.15) is 0 Å². The second-order valence-electron chi connectivity index (χ2n) is 10.4. The zero-order valence-electron chi connectivity index (χ0n) is 19.8. The van der Waals surface area contributed by atoms with E-state index >= 15 is 0 Å². The SMILES string of the molecule is CN1[C@H]2CCC[C@H]3N(C(=O)c4cccc(-c5cncnc5)n4)[C@H](Cc4ccccc4)[C@@H]1C[C@@]23C. The van der Waals surface area contributed by atoms with Crippen LogP contribution in [-0.2, 0) is 6.42 Å². The van der Waals surface area contributed by atoms with Crippen molar-refractivity contribution >= 4 is 5.91 Å². The maximum absolute atomic E-state index is 14.3. The van der Waals surface area contributed by atoms with Crippen LogP contribution >= 0.6 is 0 Å². The van der Waals surface area contributed by atoms with Gasteiger partial charge in [-0.05, 0) is 56.8 Å². The highest BCUT2D eigenvalue weighted by molar-refractivity contribution is 5.93. The Morgan fingerprint density at radius 3 is 2.59 bits per heavy atom. The molecule has 3 aliphatic rings. The molecule has 2 saturated heterocycles. The lowest BCUT2D eigenvalue weighted by Gasteiger charge is -2.53. The summed E-state index contributed by atoms with van der Waals surface area (Å²) in [6.07, 6.45) is 10.5. The van der Waals surface area contributed by atoms with Crippen LogP contribution in [0.5, 0.6) is 0 Å². The number of aromatic nitrogens is 3. The van der Waals surface area contributed by atoms with Gasteiger partial charge in [-0.3, -0.25) is 9.69 Å². The third kappa shape index (κ3) is 3.35. The van der Waals surface area contributed by atoms with E-state index in [1.807, 2.05) is 18.2 Å². The minimum atomic E-state index is 0.0523. The molecule has 34 heavy (non-hydrogen) atoms. The Balaban J connectivity index is 1.41. The molecule has 5 atom stereocenters. The van der Waals surface area contributed by atoms with Crippen molar-refractivity contribution in [2.45, 2.75) is 63.2 Å². The number of hydrogen-bond donors (Lipinski definition) is 0. The molecule has 0 unspecified atom stereocenters. The summed E-state index contributed by atoms with van der Waals surface area (Å²) in [5.41, 5.74) is 3.48. The van der Waals surface area contributed by atoms with Crippen molar-refractivity contribution in [1.29, 1.82) is 0 Å². The largest absolute Gasteiger partial charge is 0.329 e. The van der Waals surface area contributed by atoms with E-state index in [2.05, 4.69) is 64.1 Å². The van der Waals surface area contributed by atoms with Crippen molar-refractivity contribution in [2.24, 2.45) is 5.41 Å². The summed E-state index contributed by atoms with van der Waals surface area (Å²) in [6.45, 7) is 2.42. The quantitative estimate of drug-likeness (QED) is 0.591. The topological polar surface area (TPSA) is 62.2 Å². The summed E-state index contributed by atoms with van der Waals surface area (Å²) in [7, 11) is 2.28. The number of carbonyl (C=O) groups excluding carboxylic acids is 1. The average molecular weight is 454 g/mol. The minimum Gasteiger partial charge on any atom is -0.329 e. The summed E-state index contributed by atoms with van der Waals surface area (Å²) in [6, 6.07) is 17.6. The number of nitrogens with zero attached hydrogens (tertiary/aromatic N) is 5. The van der Waals surface area contributed by atoms with E-state index in [1.165, 1.54) is 24.7 Å². The van der Waals surface area contributed by atoms with Crippen LogP contribution in [0, 0.1) is 5.41 Å². The molecule has 1 saturated carbocycles. The fourth-order valence-electron chi connectivity index (χ4n) is 7.09. The molecular weight excluding hydrogens is 422 g/mol. The summed E-state index contributed by atoms with van der Waals surface area (Å²) < 4.78 is 0. The smallest absolute Gasteiger partial charge is 0.273 e. The van der Waals surface area contributed by atoms with Gasteiger partial charge in [-0.25, -0.2) is 15.0 Å². The first-order chi connectivity index (χ1) is 16.6. The normalized spacial score (nSPS) is 30.4. The summed E-state index contributed by atoms with van der Waals surface area (Å²) >= 11 is 0. The van der Waals surface area contributed by atoms with Crippen molar-refractivity contribution < 1.29 is 4.79 Å². The second-order valence-corrected chi connectivity index (χ2v) is 10.4. The van der Waals surface area contributed by atoms with Gasteiger partial charge in [-0.1, -0.05) is 43.3 Å². The van der Waals surface area contributed by atoms with Crippen LogP contribution in [0.15, 0.2) is 67.3 Å². The molecule has 174 valence electrons. The average Bonchev–Trinajstić information content (AvgIpc) is 3.15. The van der Waals surface area contributed by atoms with E-state index in [1.54, 1.807) is 12.4 Å². The van der Waals surface area contributed by atoms with Crippen molar-refractivity contribution in [2.75, 3.05) is 7.05 Å². The molecule has 3 aromatic rings. The number of carbonyl (C=O) groups is 1. The summed E-state index contributed by atoms with van der Waals surface area (Å²) in [5, 5.41) is 0. The van der Waals surface area contributed by atoms with Gasteiger partial charge in [0.1, 0.15) is 12.0 Å². The fraction of sp³-hybridized carbons (Fsp3) is 0.429. The summed E-state index contributed by atoms with van der Waals surface area (Å²) in [4.78, 5) is 32.1. The van der Waals surface area contributed by atoms with Crippen LogP contribution in [0.4, 0.5) is 0 Å². The van der Waals surface area contributed by atoms with Gasteiger partial charge in [-0.15, -0.1) is 0 Å². The molecule has 1 aliphatic carbocycles. The Labute approximate surface area is 201 Å². The van der Waals surface area contributed by atoms with Crippen LogP contribution in [0.25, 0.3) is 11.3 Å². The van der Waals surface area contributed by atoms with Crippen LogP contribution in [0.2, 0.25) is 0 Å². The molecule has 6 rings (SSSR count). The van der Waals surface area contributed by atoms with Crippen molar-refractivity contribution in [3.63, 3.8) is 0 Å². The van der Waals surface area contributed by atoms with Gasteiger partial charge in [0.25, 0.3) is 5.91 Å². The molecule has 6 heteroatoms. The molecule has 0 radical (unpaired) electrons. The number of benzene rings is 1. The van der Waals surface area contributed by atoms with E-state index in [9.17, 15) is 4.79 Å². The molecule has 6 nitrogen and oxygen atoms in total. The first-order valence-electron chi connectivity index (χ1n) is 12.4. The Bertz CT molecular complexity index is 1190. The standard InChI is InChI=1S/C28H31N5O/c1-28-15-24-23(14-19-8-4-3-5-9-19)33(26(28)13-7-12-25(28)32(24)2)27(34)22-11-6-10-21(31-22)20-16-29-18-30-17-20/h3-6,8-11,16-18,23-26H,7,12-15H2,1-2H3/t23-,24+,25+,26-,28+/m1/s1. The fourth-order valence-corrected chi connectivity index (χ4v) is 7.09. The molecule has 4 heterocycles. The first-order valence-corrected chi connectivity index (χ1v) is 12.4. The number of likely N-dealkylation sites (N-methyl/N-ethyl adjacent to an activating group) is 1. The maximum atomic E-state index is 14.3. The summed E-state index contributed by atoms with van der Waals surface area (Å²) in [5.74, 6) is 0.0523. The van der Waals surface area contributed by atoms with Crippen molar-refractivity contribution in [3.8, 4) is 11.3 Å². The highest BCUT2D eigenvalue weighted by atomic mass is 16.2. The number of pyridine rings is 1. The first kappa shape index (κ1) is 21.4. The van der Waals surface area contributed by atoms with Crippen molar-refractivity contribution in [3.05, 3.63) is 78.5 Å². The van der Waals surface area contributed by atoms with Crippen molar-refractivity contribution in [1.82, 2.24) is 24.8 Å². The number of amides is 1. The molecule has 1 aromatic carbocycles. The molecule has 2 aliphatic heterocycles. The van der Waals surface area contributed by atoms with Crippen LogP contribution in [0.3, 0.4) is 0 Å². The van der Waals surface area contributed by atoms with E-state index in [4.69, 9.17) is 4.98 Å². The molecule has 0 N–H and O–H groups in total. The second kappa shape index (κ2) is 8.27. The van der Waals surface area contributed by atoms with Gasteiger partial charge in [0.15, 0.2) is 0 Å². The van der Waals surface area contributed by atoms with E-state index in [0.717, 1.165) is 30.5 Å². The number of likely N-dealkylation sites (tertiary alicyclic amines) is 2. The van der Waals surface area contributed by atoms with E-state index in [0.29, 0.717) is 17.8 Å². The number of rotatable bonds is 4. The molecule has 2 aromatic heterocycles. The van der Waals surface area contributed by atoms with Crippen LogP contribution in [-0.4, -0.2) is 61.9 Å². The lowest BCUT2D eigenvalue weighted by atomic mass is 9.64. The van der Waals surface area contributed by atoms with E-state index in [-0.39, 0.29) is 23.4 Å². The van der Waals surface area contributed by atoms with Gasteiger partial charge < -0.3 is 4.90 Å². The minimum absolute atomic E-state index is 0.0523. The van der Waals surface area contributed by atoms with Crippen LogP contribution in [0.1, 0.15) is 48.7 Å². The number of hydrogen-bond acceptors (Lipinski definition) is 5. The maximum Gasteiger partial charge on any atom is 0.273 e. The number of fused-ring (bicyclic) bond motifs is 1. The zero-order chi connectivity index (χ0) is 23.3. The Kier molecular flexibility index (Phi) is 5.21. The highest BCUT2D eigenvalue weighted by Crippen LogP contribution is 2.56. The Morgan fingerprint density at radius 2 is 1.79 bits per heavy atom. The Hall–Kier alpha value is -3.12. The molecule has 3 fully saturated rings. The predicted octanol–water partition coefficient (Wildman–Crippen LogP) is 4.24. The molecule has 0 spiro atoms. The molecule has 2 bridgehead atoms. The third-order valence-electron chi connectivity index (χ3n) is 8.63.